The number of ether oxygens (including phenoxy) is 2. The van der Waals surface area contributed by atoms with Crippen LogP contribution < -0.4 is 19.7 Å². The number of methoxy groups -OCH3 is 2. The first-order valence-electron chi connectivity index (χ1n) is 10.7. The van der Waals surface area contributed by atoms with Crippen molar-refractivity contribution < 1.29 is 14.3 Å². The van der Waals surface area contributed by atoms with Crippen LogP contribution in [0.15, 0.2) is 47.6 Å². The van der Waals surface area contributed by atoms with Crippen LogP contribution in [0.25, 0.3) is 5.69 Å². The van der Waals surface area contributed by atoms with E-state index in [-0.39, 0.29) is 5.91 Å². The Labute approximate surface area is 202 Å². The zero-order chi connectivity index (χ0) is 23.4. The van der Waals surface area contributed by atoms with Crippen LogP contribution in [0.5, 0.6) is 11.5 Å². The summed E-state index contributed by atoms with van der Waals surface area (Å²) in [5, 5.41) is 12.5. The van der Waals surface area contributed by atoms with Gasteiger partial charge in [0.2, 0.25) is 11.9 Å². The second-order valence-electron chi connectivity index (χ2n) is 7.58. The molecule has 8 nitrogen and oxygen atoms in total. The molecular weight excluding hydrogens is 462 g/mol. The molecule has 1 unspecified atom stereocenters. The summed E-state index contributed by atoms with van der Waals surface area (Å²) in [6.07, 6.45) is 2.22. The molecule has 1 amide bonds. The molecule has 1 atom stereocenters. The molecule has 1 saturated heterocycles. The van der Waals surface area contributed by atoms with Crippen molar-refractivity contribution in [2.45, 2.75) is 30.2 Å². The Bertz CT molecular complexity index is 1130. The number of para-hydroxylation sites is 1. The van der Waals surface area contributed by atoms with Gasteiger partial charge >= 0.3 is 0 Å². The number of hydrogen-bond acceptors (Lipinski definition) is 7. The second kappa shape index (κ2) is 10.4. The third kappa shape index (κ3) is 5.04. The minimum atomic E-state index is -0.460. The maximum absolute atomic E-state index is 13.0. The van der Waals surface area contributed by atoms with Gasteiger partial charge in [-0.25, -0.2) is 0 Å². The normalized spacial score (nSPS) is 14.2. The zero-order valence-corrected chi connectivity index (χ0v) is 20.3. The van der Waals surface area contributed by atoms with Gasteiger partial charge in [-0.3, -0.25) is 9.36 Å². The summed E-state index contributed by atoms with van der Waals surface area (Å²) in [6, 6.07) is 12.8. The van der Waals surface area contributed by atoms with Gasteiger partial charge in [-0.05, 0) is 44.0 Å². The Morgan fingerprint density at radius 2 is 1.88 bits per heavy atom. The highest BCUT2D eigenvalue weighted by Crippen LogP contribution is 2.34. The Hall–Kier alpha value is -2.91. The van der Waals surface area contributed by atoms with Crippen LogP contribution in [-0.4, -0.2) is 53.2 Å². The summed E-state index contributed by atoms with van der Waals surface area (Å²) >= 11 is 7.85. The monoisotopic (exact) mass is 487 g/mol. The number of carbonyl (C=O) groups excluding carboxylic acids is 1. The summed E-state index contributed by atoms with van der Waals surface area (Å²) in [6.45, 7) is 3.66. The maximum atomic E-state index is 13.0. The average molecular weight is 488 g/mol. The fourth-order valence-electron chi connectivity index (χ4n) is 3.66. The molecule has 0 saturated carbocycles. The fourth-order valence-corrected chi connectivity index (χ4v) is 4.74. The summed E-state index contributed by atoms with van der Waals surface area (Å²) in [5.74, 6) is 1.73. The first-order valence-corrected chi connectivity index (χ1v) is 11.9. The number of hydrogen-bond donors (Lipinski definition) is 1. The van der Waals surface area contributed by atoms with E-state index in [1.807, 2.05) is 35.8 Å². The number of carbonyl (C=O) groups is 1. The number of nitrogens with one attached hydrogen (secondary N) is 1. The van der Waals surface area contributed by atoms with Crippen molar-refractivity contribution in [3.05, 3.63) is 47.5 Å². The van der Waals surface area contributed by atoms with Gasteiger partial charge in [0.05, 0.1) is 35.9 Å². The first-order chi connectivity index (χ1) is 16.0. The van der Waals surface area contributed by atoms with Crippen LogP contribution in [0.4, 0.5) is 11.6 Å². The molecule has 4 rings (SSSR count). The van der Waals surface area contributed by atoms with Crippen LogP contribution in [0.2, 0.25) is 5.02 Å². The van der Waals surface area contributed by atoms with Crippen LogP contribution in [-0.2, 0) is 4.79 Å². The van der Waals surface area contributed by atoms with Gasteiger partial charge in [-0.15, -0.1) is 10.2 Å². The van der Waals surface area contributed by atoms with Crippen molar-refractivity contribution in [1.29, 1.82) is 0 Å². The van der Waals surface area contributed by atoms with E-state index in [1.165, 1.54) is 11.8 Å². The van der Waals surface area contributed by atoms with E-state index < -0.39 is 5.25 Å². The Balaban J connectivity index is 1.60. The van der Waals surface area contributed by atoms with Crippen molar-refractivity contribution >= 4 is 40.9 Å². The minimum absolute atomic E-state index is 0.192. The molecule has 1 aliphatic rings. The van der Waals surface area contributed by atoms with Crippen molar-refractivity contribution in [3.63, 3.8) is 0 Å². The quantitative estimate of drug-likeness (QED) is 0.463. The third-order valence-corrected chi connectivity index (χ3v) is 6.78. The lowest BCUT2D eigenvalue weighted by atomic mass is 10.2. The molecule has 1 aliphatic heterocycles. The molecule has 3 aromatic rings. The van der Waals surface area contributed by atoms with Crippen LogP contribution >= 0.6 is 23.4 Å². The Kier molecular flexibility index (Phi) is 7.29. The summed E-state index contributed by atoms with van der Waals surface area (Å²) < 4.78 is 12.6. The molecule has 1 aromatic heterocycles. The largest absolute Gasteiger partial charge is 0.497 e. The zero-order valence-electron chi connectivity index (χ0n) is 18.7. The van der Waals surface area contributed by atoms with Gasteiger partial charge in [0.1, 0.15) is 11.5 Å². The topological polar surface area (TPSA) is 81.5 Å². The van der Waals surface area contributed by atoms with E-state index >= 15 is 0 Å². The second-order valence-corrected chi connectivity index (χ2v) is 9.29. The smallest absolute Gasteiger partial charge is 0.237 e. The molecule has 2 heterocycles. The lowest BCUT2D eigenvalue weighted by Crippen LogP contribution is -2.24. The van der Waals surface area contributed by atoms with Gasteiger partial charge in [0.25, 0.3) is 0 Å². The summed E-state index contributed by atoms with van der Waals surface area (Å²) in [7, 11) is 3.13. The fraction of sp³-hybridized carbons (Fsp3) is 0.348. The lowest BCUT2D eigenvalue weighted by molar-refractivity contribution is -0.115. The summed E-state index contributed by atoms with van der Waals surface area (Å²) in [5.41, 5.74) is 1.33. The number of nitrogens with zero attached hydrogens (tertiary/aromatic N) is 4. The minimum Gasteiger partial charge on any atom is -0.497 e. The van der Waals surface area contributed by atoms with Crippen molar-refractivity contribution in [1.82, 2.24) is 14.8 Å². The van der Waals surface area contributed by atoms with Crippen LogP contribution in [0.3, 0.4) is 0 Å². The molecule has 0 bridgehead atoms. The van der Waals surface area contributed by atoms with Gasteiger partial charge in [-0.1, -0.05) is 35.5 Å². The maximum Gasteiger partial charge on any atom is 0.237 e. The molecule has 0 aliphatic carbocycles. The van der Waals surface area contributed by atoms with E-state index in [0.29, 0.717) is 27.4 Å². The highest BCUT2D eigenvalue weighted by molar-refractivity contribution is 8.00. The number of aromatic nitrogens is 3. The van der Waals surface area contributed by atoms with Gasteiger partial charge in [0.15, 0.2) is 5.16 Å². The van der Waals surface area contributed by atoms with Crippen molar-refractivity contribution in [3.8, 4) is 17.2 Å². The predicted molar refractivity (Wildman–Crippen MR) is 131 cm³/mol. The number of rotatable bonds is 8. The molecule has 10 heteroatoms. The molecule has 1 fully saturated rings. The third-order valence-electron chi connectivity index (χ3n) is 5.41. The van der Waals surface area contributed by atoms with Crippen LogP contribution in [0, 0.1) is 0 Å². The SMILES string of the molecule is COc1ccc(OC)c(NC(=O)C(C)Sc2nnc(N3CCCC3)n2-c2ccccc2Cl)c1. The Morgan fingerprint density at radius 1 is 1.12 bits per heavy atom. The van der Waals surface area contributed by atoms with E-state index in [4.69, 9.17) is 21.1 Å². The van der Waals surface area contributed by atoms with Crippen LogP contribution in [0.1, 0.15) is 19.8 Å². The Morgan fingerprint density at radius 3 is 2.58 bits per heavy atom. The molecule has 2 aromatic carbocycles. The molecule has 174 valence electrons. The number of amides is 1. The summed E-state index contributed by atoms with van der Waals surface area (Å²) in [4.78, 5) is 15.2. The number of thioether (sulfide) groups is 1. The van der Waals surface area contributed by atoms with E-state index in [0.717, 1.165) is 37.6 Å². The van der Waals surface area contributed by atoms with E-state index in [1.54, 1.807) is 32.4 Å². The first kappa shape index (κ1) is 23.3. The highest BCUT2D eigenvalue weighted by Gasteiger charge is 2.26. The van der Waals surface area contributed by atoms with E-state index in [9.17, 15) is 4.79 Å². The average Bonchev–Trinajstić information content (AvgIpc) is 3.49. The standard InChI is InChI=1S/C23H26ClN5O3S/c1-15(21(30)25-18-14-16(31-2)10-11-20(18)32-3)33-23-27-26-22(28-12-6-7-13-28)29(23)19-9-5-4-8-17(19)24/h4-5,8-11,14-15H,6-7,12-13H2,1-3H3,(H,25,30). The predicted octanol–water partition coefficient (Wildman–Crippen LogP) is 4.66. The molecule has 33 heavy (non-hydrogen) atoms. The number of halogens is 1. The van der Waals surface area contributed by atoms with Gasteiger partial charge in [-0.2, -0.15) is 0 Å². The number of anilines is 2. The molecule has 0 spiro atoms. The van der Waals surface area contributed by atoms with Crippen molar-refractivity contribution in [2.24, 2.45) is 0 Å². The number of benzene rings is 2. The van der Waals surface area contributed by atoms with E-state index in [2.05, 4.69) is 20.4 Å². The molecular formula is C23H26ClN5O3S. The van der Waals surface area contributed by atoms with Gasteiger partial charge < -0.3 is 19.7 Å². The highest BCUT2D eigenvalue weighted by atomic mass is 35.5. The van der Waals surface area contributed by atoms with Crippen molar-refractivity contribution in [2.75, 3.05) is 37.5 Å². The molecule has 1 N–H and O–H groups in total. The van der Waals surface area contributed by atoms with Gasteiger partial charge in [0, 0.05) is 19.2 Å². The molecule has 0 radical (unpaired) electrons. The lowest BCUT2D eigenvalue weighted by Gasteiger charge is -2.20.